The fourth-order valence-electron chi connectivity index (χ4n) is 3.12. The Morgan fingerprint density at radius 3 is 2.52 bits per heavy atom. The van der Waals surface area contributed by atoms with Gasteiger partial charge in [0.2, 0.25) is 0 Å². The third-order valence-corrected chi connectivity index (χ3v) is 4.72. The number of carbonyl (C=O) groups is 1. The minimum Gasteiger partial charge on any atom is -0.327 e. The second-order valence-corrected chi connectivity index (χ2v) is 6.46. The maximum Gasteiger partial charge on any atom is 0.331 e. The summed E-state index contributed by atoms with van der Waals surface area (Å²) in [5.41, 5.74) is 1.55. The second kappa shape index (κ2) is 6.31. The molecule has 0 saturated heterocycles. The highest BCUT2D eigenvalue weighted by molar-refractivity contribution is 5.92. The number of aromatic nitrogens is 4. The molecular weight excluding hydrogens is 346 g/mol. The number of amides is 1. The third kappa shape index (κ3) is 2.84. The summed E-state index contributed by atoms with van der Waals surface area (Å²) in [5, 5.41) is 0. The van der Waals surface area contributed by atoms with Gasteiger partial charge in [-0.1, -0.05) is 30.3 Å². The van der Waals surface area contributed by atoms with E-state index < -0.39 is 11.2 Å². The van der Waals surface area contributed by atoms with Gasteiger partial charge in [-0.25, -0.2) is 14.8 Å². The third-order valence-electron chi connectivity index (χ3n) is 4.72. The van der Waals surface area contributed by atoms with Gasteiger partial charge in [-0.2, -0.15) is 0 Å². The Bertz CT molecular complexity index is 1160. The van der Waals surface area contributed by atoms with Crippen LogP contribution in [-0.2, 0) is 27.2 Å². The first kappa shape index (κ1) is 16.9. The van der Waals surface area contributed by atoms with Crippen LogP contribution in [0.3, 0.4) is 0 Å². The molecule has 1 aliphatic heterocycles. The number of hydrogen-bond acceptors (Lipinski definition) is 5. The molecule has 0 fully saturated rings. The first-order valence-electron chi connectivity index (χ1n) is 8.42. The molecule has 0 bridgehead atoms. The van der Waals surface area contributed by atoms with Crippen molar-refractivity contribution in [3.05, 3.63) is 80.4 Å². The van der Waals surface area contributed by atoms with Gasteiger partial charge in [0, 0.05) is 44.0 Å². The van der Waals surface area contributed by atoms with E-state index in [0.717, 1.165) is 21.4 Å². The van der Waals surface area contributed by atoms with Crippen LogP contribution in [0, 0.1) is 0 Å². The van der Waals surface area contributed by atoms with Crippen LogP contribution in [-0.4, -0.2) is 29.9 Å². The van der Waals surface area contributed by atoms with E-state index >= 15 is 0 Å². The van der Waals surface area contributed by atoms with Crippen LogP contribution < -0.4 is 11.2 Å². The minimum absolute atomic E-state index is 0.0622. The van der Waals surface area contributed by atoms with Crippen molar-refractivity contribution in [1.29, 1.82) is 0 Å². The monoisotopic (exact) mass is 363 g/mol. The van der Waals surface area contributed by atoms with E-state index in [1.165, 1.54) is 24.7 Å². The number of fused-ring (bicyclic) bond motifs is 1. The molecule has 0 radical (unpaired) electrons. The van der Waals surface area contributed by atoms with Gasteiger partial charge in [-0.3, -0.25) is 18.7 Å². The molecule has 0 saturated carbocycles. The molecule has 27 heavy (non-hydrogen) atoms. The Morgan fingerprint density at radius 2 is 1.78 bits per heavy atom. The summed E-state index contributed by atoms with van der Waals surface area (Å²) in [4.78, 5) is 47.4. The van der Waals surface area contributed by atoms with Crippen molar-refractivity contribution in [3.8, 4) is 11.4 Å². The van der Waals surface area contributed by atoms with Crippen molar-refractivity contribution in [2.75, 3.05) is 0 Å². The largest absolute Gasteiger partial charge is 0.331 e. The molecule has 1 aromatic carbocycles. The van der Waals surface area contributed by atoms with Gasteiger partial charge in [0.05, 0.1) is 12.2 Å². The SMILES string of the molecule is Cn1c(C(=O)N2Cc3cnc(-c4ccccc4)nc3C2)cc(=O)n(C)c1=O. The van der Waals surface area contributed by atoms with E-state index in [4.69, 9.17) is 0 Å². The van der Waals surface area contributed by atoms with Gasteiger partial charge >= 0.3 is 5.69 Å². The van der Waals surface area contributed by atoms with Crippen LogP contribution in [0.25, 0.3) is 11.4 Å². The second-order valence-electron chi connectivity index (χ2n) is 6.46. The molecule has 1 amide bonds. The van der Waals surface area contributed by atoms with Gasteiger partial charge in [0.25, 0.3) is 11.5 Å². The quantitative estimate of drug-likeness (QED) is 0.668. The number of nitrogens with zero attached hydrogens (tertiary/aromatic N) is 5. The first-order chi connectivity index (χ1) is 13.0. The highest BCUT2D eigenvalue weighted by Gasteiger charge is 2.28. The highest BCUT2D eigenvalue weighted by atomic mass is 16.2. The fraction of sp³-hybridized carbons (Fsp3) is 0.211. The van der Waals surface area contributed by atoms with Crippen LogP contribution >= 0.6 is 0 Å². The molecule has 1 aliphatic rings. The van der Waals surface area contributed by atoms with Crippen molar-refractivity contribution in [3.63, 3.8) is 0 Å². The lowest BCUT2D eigenvalue weighted by Crippen LogP contribution is -2.41. The van der Waals surface area contributed by atoms with Gasteiger partial charge < -0.3 is 4.90 Å². The smallest absolute Gasteiger partial charge is 0.327 e. The van der Waals surface area contributed by atoms with Gasteiger partial charge in [-0.05, 0) is 0 Å². The molecule has 8 heteroatoms. The summed E-state index contributed by atoms with van der Waals surface area (Å²) >= 11 is 0. The van der Waals surface area contributed by atoms with E-state index in [-0.39, 0.29) is 11.6 Å². The summed E-state index contributed by atoms with van der Waals surface area (Å²) in [6.07, 6.45) is 1.72. The maximum absolute atomic E-state index is 12.9. The first-order valence-corrected chi connectivity index (χ1v) is 8.42. The Labute approximate surface area is 154 Å². The average molecular weight is 363 g/mol. The van der Waals surface area contributed by atoms with Crippen LogP contribution in [0.2, 0.25) is 0 Å². The molecule has 2 aromatic heterocycles. The highest BCUT2D eigenvalue weighted by Crippen LogP contribution is 2.24. The van der Waals surface area contributed by atoms with Crippen LogP contribution in [0.5, 0.6) is 0 Å². The molecule has 8 nitrogen and oxygen atoms in total. The van der Waals surface area contributed by atoms with Crippen molar-refractivity contribution in [2.24, 2.45) is 14.1 Å². The number of carbonyl (C=O) groups excluding carboxylic acids is 1. The zero-order chi connectivity index (χ0) is 19.1. The normalized spacial score (nSPS) is 12.9. The molecule has 0 spiro atoms. The summed E-state index contributed by atoms with van der Waals surface area (Å²) < 4.78 is 2.15. The Morgan fingerprint density at radius 1 is 1.04 bits per heavy atom. The van der Waals surface area contributed by atoms with Crippen molar-refractivity contribution in [2.45, 2.75) is 13.1 Å². The van der Waals surface area contributed by atoms with E-state index in [9.17, 15) is 14.4 Å². The molecule has 0 unspecified atom stereocenters. The van der Waals surface area contributed by atoms with Crippen molar-refractivity contribution >= 4 is 5.91 Å². The minimum atomic E-state index is -0.534. The Balaban J connectivity index is 1.65. The molecule has 0 N–H and O–H groups in total. The molecule has 3 heterocycles. The van der Waals surface area contributed by atoms with Crippen molar-refractivity contribution < 1.29 is 4.79 Å². The lowest BCUT2D eigenvalue weighted by Gasteiger charge is -2.17. The summed E-state index contributed by atoms with van der Waals surface area (Å²) in [6.45, 7) is 0.645. The fourth-order valence-corrected chi connectivity index (χ4v) is 3.12. The van der Waals surface area contributed by atoms with Crippen LogP contribution in [0.4, 0.5) is 0 Å². The summed E-state index contributed by atoms with van der Waals surface area (Å²) in [6, 6.07) is 10.8. The van der Waals surface area contributed by atoms with E-state index in [0.29, 0.717) is 18.9 Å². The number of hydrogen-bond donors (Lipinski definition) is 0. The van der Waals surface area contributed by atoms with Crippen LogP contribution in [0.1, 0.15) is 21.7 Å². The van der Waals surface area contributed by atoms with Gasteiger partial charge in [-0.15, -0.1) is 0 Å². The molecule has 136 valence electrons. The standard InChI is InChI=1S/C19H17N5O3/c1-22-15(8-16(25)23(2)19(22)27)18(26)24-10-13-9-20-17(21-14(13)11-24)12-6-4-3-5-7-12/h3-9H,10-11H2,1-2H3. The number of benzene rings is 1. The van der Waals surface area contributed by atoms with Gasteiger partial charge in [0.15, 0.2) is 5.82 Å². The lowest BCUT2D eigenvalue weighted by molar-refractivity contribution is 0.0738. The lowest BCUT2D eigenvalue weighted by atomic mass is 10.2. The van der Waals surface area contributed by atoms with E-state index in [2.05, 4.69) is 9.97 Å². The molecular formula is C19H17N5O3. The van der Waals surface area contributed by atoms with Crippen LogP contribution in [0.15, 0.2) is 52.2 Å². The maximum atomic E-state index is 12.9. The predicted octanol–water partition coefficient (Wildman–Crippen LogP) is 0.697. The molecule has 4 rings (SSSR count). The average Bonchev–Trinajstić information content (AvgIpc) is 3.12. The zero-order valence-corrected chi connectivity index (χ0v) is 14.9. The molecule has 0 aliphatic carbocycles. The molecule has 3 aromatic rings. The van der Waals surface area contributed by atoms with Crippen molar-refractivity contribution in [1.82, 2.24) is 24.0 Å². The van der Waals surface area contributed by atoms with E-state index in [1.54, 1.807) is 11.1 Å². The summed E-state index contributed by atoms with van der Waals surface area (Å²) in [7, 11) is 2.86. The number of rotatable bonds is 2. The van der Waals surface area contributed by atoms with Gasteiger partial charge in [0.1, 0.15) is 5.69 Å². The predicted molar refractivity (Wildman–Crippen MR) is 98.0 cm³/mol. The molecule has 0 atom stereocenters. The summed E-state index contributed by atoms with van der Waals surface area (Å²) in [5.74, 6) is 0.219. The Hall–Kier alpha value is -3.55. The Kier molecular flexibility index (Phi) is 3.95. The van der Waals surface area contributed by atoms with E-state index in [1.807, 2.05) is 30.3 Å². The topological polar surface area (TPSA) is 90.1 Å². The zero-order valence-electron chi connectivity index (χ0n) is 14.9.